The molecular weight excluding hydrogens is 326 g/mol. The van der Waals surface area contributed by atoms with E-state index < -0.39 is 6.10 Å². The number of nitrogens with zero attached hydrogens (tertiary/aromatic N) is 6. The lowest BCUT2D eigenvalue weighted by atomic mass is 10.2. The summed E-state index contributed by atoms with van der Waals surface area (Å²) >= 11 is 0. The molecule has 0 radical (unpaired) electrons. The molecule has 1 aliphatic heterocycles. The van der Waals surface area contributed by atoms with Gasteiger partial charge in [-0.2, -0.15) is 10.1 Å². The van der Waals surface area contributed by atoms with Crippen LogP contribution in [0, 0.1) is 13.8 Å². The monoisotopic (exact) mass is 343 g/mol. The second kappa shape index (κ2) is 6.13. The van der Waals surface area contributed by atoms with Gasteiger partial charge in [0.15, 0.2) is 5.65 Å². The van der Waals surface area contributed by atoms with Crippen molar-refractivity contribution in [3.8, 4) is 0 Å². The number of morpholine rings is 1. The molecule has 1 saturated heterocycles. The van der Waals surface area contributed by atoms with Crippen molar-refractivity contribution in [2.75, 3.05) is 25.0 Å². The minimum Gasteiger partial charge on any atom is -0.366 e. The van der Waals surface area contributed by atoms with Crippen LogP contribution in [-0.2, 0) is 4.74 Å². The SMILES string of the molecule is Cc1nc2ccc(NC(=O)N3CCOC(c4noc(C)n4)C3)cn2n1. The Morgan fingerprint density at radius 3 is 3.00 bits per heavy atom. The van der Waals surface area contributed by atoms with Crippen molar-refractivity contribution in [3.63, 3.8) is 0 Å². The number of rotatable bonds is 2. The maximum Gasteiger partial charge on any atom is 0.322 e. The van der Waals surface area contributed by atoms with Crippen LogP contribution in [0.2, 0.25) is 0 Å². The van der Waals surface area contributed by atoms with E-state index >= 15 is 0 Å². The molecule has 1 aliphatic rings. The van der Waals surface area contributed by atoms with Crippen molar-refractivity contribution in [3.05, 3.63) is 35.9 Å². The smallest absolute Gasteiger partial charge is 0.322 e. The largest absolute Gasteiger partial charge is 0.366 e. The fraction of sp³-hybridized carbons (Fsp3) is 0.400. The van der Waals surface area contributed by atoms with Crippen LogP contribution in [0.3, 0.4) is 0 Å². The summed E-state index contributed by atoms with van der Waals surface area (Å²) < 4.78 is 12.2. The van der Waals surface area contributed by atoms with Crippen molar-refractivity contribution in [2.24, 2.45) is 0 Å². The maximum absolute atomic E-state index is 12.5. The summed E-state index contributed by atoms with van der Waals surface area (Å²) in [5.41, 5.74) is 1.37. The molecule has 0 aromatic carbocycles. The minimum absolute atomic E-state index is 0.218. The molecule has 0 spiro atoms. The highest BCUT2D eigenvalue weighted by molar-refractivity contribution is 5.89. The topological polar surface area (TPSA) is 111 Å². The normalized spacial score (nSPS) is 17.8. The predicted octanol–water partition coefficient (Wildman–Crippen LogP) is 1.33. The van der Waals surface area contributed by atoms with Gasteiger partial charge in [-0.25, -0.2) is 14.3 Å². The van der Waals surface area contributed by atoms with Gasteiger partial charge >= 0.3 is 6.03 Å². The number of aryl methyl sites for hydroxylation is 2. The van der Waals surface area contributed by atoms with Crippen LogP contribution in [0.4, 0.5) is 10.5 Å². The fourth-order valence-corrected chi connectivity index (χ4v) is 2.71. The van der Waals surface area contributed by atoms with Gasteiger partial charge < -0.3 is 19.5 Å². The van der Waals surface area contributed by atoms with Crippen LogP contribution in [0.5, 0.6) is 0 Å². The number of urea groups is 1. The van der Waals surface area contributed by atoms with E-state index in [0.717, 1.165) is 5.65 Å². The maximum atomic E-state index is 12.5. The Balaban J connectivity index is 1.45. The van der Waals surface area contributed by atoms with Gasteiger partial charge in [-0.15, -0.1) is 0 Å². The Labute approximate surface area is 142 Å². The zero-order chi connectivity index (χ0) is 17.4. The van der Waals surface area contributed by atoms with Crippen LogP contribution >= 0.6 is 0 Å². The number of amides is 2. The molecule has 0 saturated carbocycles. The second-order valence-corrected chi connectivity index (χ2v) is 5.79. The number of carbonyl (C=O) groups is 1. The molecule has 1 N–H and O–H groups in total. The number of ether oxygens (including phenoxy) is 1. The molecule has 4 rings (SSSR count). The van der Waals surface area contributed by atoms with Gasteiger partial charge in [0, 0.05) is 13.5 Å². The van der Waals surface area contributed by atoms with Crippen molar-refractivity contribution in [2.45, 2.75) is 20.0 Å². The van der Waals surface area contributed by atoms with Crippen molar-refractivity contribution < 1.29 is 14.1 Å². The number of hydrogen-bond donors (Lipinski definition) is 1. The Morgan fingerprint density at radius 2 is 2.20 bits per heavy atom. The lowest BCUT2D eigenvalue weighted by Crippen LogP contribution is -2.44. The summed E-state index contributed by atoms with van der Waals surface area (Å²) in [6, 6.07) is 3.38. The Morgan fingerprint density at radius 1 is 1.32 bits per heavy atom. The number of anilines is 1. The molecule has 3 aromatic heterocycles. The summed E-state index contributed by atoms with van der Waals surface area (Å²) in [6.45, 7) is 4.79. The van der Waals surface area contributed by atoms with Gasteiger partial charge in [0.1, 0.15) is 11.9 Å². The summed E-state index contributed by atoms with van der Waals surface area (Å²) in [7, 11) is 0. The predicted molar refractivity (Wildman–Crippen MR) is 86.0 cm³/mol. The van der Waals surface area contributed by atoms with E-state index in [-0.39, 0.29) is 6.03 Å². The van der Waals surface area contributed by atoms with Gasteiger partial charge in [-0.1, -0.05) is 5.16 Å². The molecule has 25 heavy (non-hydrogen) atoms. The highest BCUT2D eigenvalue weighted by atomic mass is 16.5. The van der Waals surface area contributed by atoms with Crippen LogP contribution in [0.1, 0.15) is 23.6 Å². The van der Waals surface area contributed by atoms with E-state index in [1.54, 1.807) is 34.7 Å². The van der Waals surface area contributed by atoms with Crippen LogP contribution in [-0.4, -0.2) is 55.4 Å². The summed E-state index contributed by atoms with van der Waals surface area (Å²) in [4.78, 5) is 22.6. The fourth-order valence-electron chi connectivity index (χ4n) is 2.71. The van der Waals surface area contributed by atoms with Crippen LogP contribution < -0.4 is 5.32 Å². The number of hydrogen-bond acceptors (Lipinski definition) is 7. The Hall–Kier alpha value is -3.01. The molecular formula is C15H17N7O3. The zero-order valence-corrected chi connectivity index (χ0v) is 13.8. The molecule has 0 aliphatic carbocycles. The molecule has 0 bridgehead atoms. The molecule has 10 nitrogen and oxygen atoms in total. The first-order chi connectivity index (χ1) is 12.1. The molecule has 2 amide bonds. The second-order valence-electron chi connectivity index (χ2n) is 5.79. The summed E-state index contributed by atoms with van der Waals surface area (Å²) in [5.74, 6) is 1.60. The molecule has 1 atom stereocenters. The summed E-state index contributed by atoms with van der Waals surface area (Å²) in [6.07, 6.45) is 1.34. The highest BCUT2D eigenvalue weighted by Crippen LogP contribution is 2.20. The van der Waals surface area contributed by atoms with E-state index in [2.05, 4.69) is 25.5 Å². The van der Waals surface area contributed by atoms with E-state index in [4.69, 9.17) is 9.26 Å². The molecule has 10 heteroatoms. The van der Waals surface area contributed by atoms with Crippen molar-refractivity contribution >= 4 is 17.4 Å². The number of pyridine rings is 1. The number of aromatic nitrogens is 5. The van der Waals surface area contributed by atoms with Crippen LogP contribution in [0.15, 0.2) is 22.9 Å². The quantitative estimate of drug-likeness (QED) is 0.747. The lowest BCUT2D eigenvalue weighted by molar-refractivity contribution is -0.0190. The standard InChI is InChI=1S/C15H17N7O3/c1-9-16-13-4-3-11(7-22(13)19-9)18-15(23)21-5-6-24-12(8-21)14-17-10(2)25-20-14/h3-4,7,12H,5-6,8H2,1-2H3,(H,18,23). The Bertz CT molecular complexity index is 919. The van der Waals surface area contributed by atoms with Crippen LogP contribution in [0.25, 0.3) is 5.65 Å². The highest BCUT2D eigenvalue weighted by Gasteiger charge is 2.28. The van der Waals surface area contributed by atoms with Gasteiger partial charge in [0.2, 0.25) is 11.7 Å². The van der Waals surface area contributed by atoms with E-state index in [1.165, 1.54) is 0 Å². The van der Waals surface area contributed by atoms with Gasteiger partial charge in [-0.3, -0.25) is 0 Å². The first kappa shape index (κ1) is 15.5. The van der Waals surface area contributed by atoms with Gasteiger partial charge in [0.25, 0.3) is 0 Å². The molecule has 130 valence electrons. The molecule has 1 unspecified atom stereocenters. The van der Waals surface area contributed by atoms with E-state index in [9.17, 15) is 4.79 Å². The third-order valence-corrected chi connectivity index (χ3v) is 3.87. The number of nitrogens with one attached hydrogen (secondary N) is 1. The lowest BCUT2D eigenvalue weighted by Gasteiger charge is -2.31. The third kappa shape index (κ3) is 3.15. The average Bonchev–Trinajstić information content (AvgIpc) is 3.19. The van der Waals surface area contributed by atoms with E-state index in [0.29, 0.717) is 42.9 Å². The van der Waals surface area contributed by atoms with Crippen molar-refractivity contribution in [1.82, 2.24) is 29.6 Å². The molecule has 4 heterocycles. The van der Waals surface area contributed by atoms with Gasteiger partial charge in [0.05, 0.1) is 25.0 Å². The van der Waals surface area contributed by atoms with Crippen molar-refractivity contribution in [1.29, 1.82) is 0 Å². The van der Waals surface area contributed by atoms with E-state index in [1.807, 2.05) is 6.92 Å². The first-order valence-electron chi connectivity index (χ1n) is 7.89. The average molecular weight is 343 g/mol. The Kier molecular flexibility index (Phi) is 3.80. The summed E-state index contributed by atoms with van der Waals surface area (Å²) in [5, 5.41) is 11.0. The number of carbonyl (C=O) groups excluding carboxylic acids is 1. The molecule has 1 fully saturated rings. The number of fused-ring (bicyclic) bond motifs is 1. The molecule has 3 aromatic rings. The minimum atomic E-state index is -0.391. The third-order valence-electron chi connectivity index (χ3n) is 3.87. The van der Waals surface area contributed by atoms with Gasteiger partial charge in [-0.05, 0) is 19.1 Å². The first-order valence-corrected chi connectivity index (χ1v) is 7.89. The zero-order valence-electron chi connectivity index (χ0n) is 13.8.